The van der Waals surface area contributed by atoms with Crippen LogP contribution in [-0.2, 0) is 14.3 Å². The van der Waals surface area contributed by atoms with Gasteiger partial charge in [0.05, 0.1) is 20.7 Å². The van der Waals surface area contributed by atoms with Gasteiger partial charge < -0.3 is 24.0 Å². The average molecular weight is 656 g/mol. The number of nitrogens with zero attached hydrogens (tertiary/aromatic N) is 2. The molecule has 6 nitrogen and oxygen atoms in total. The molecule has 0 aromatic carbocycles. The highest BCUT2D eigenvalue weighted by Gasteiger charge is 2.23. The maximum atomic E-state index is 13.2. The molecule has 1 N–H and O–H groups in total. The van der Waals surface area contributed by atoms with Crippen LogP contribution in [0.2, 0.25) is 0 Å². The number of aliphatic hydroxyl groups excluding tert-OH is 1. The van der Waals surface area contributed by atoms with Gasteiger partial charge in [-0.05, 0) is 25.7 Å². The second-order valence-electron chi connectivity index (χ2n) is 14.6. The molecule has 6 heteroatoms. The molecule has 276 valence electrons. The van der Waals surface area contributed by atoms with Crippen molar-refractivity contribution < 1.29 is 23.9 Å². The first kappa shape index (κ1) is 45.3. The second-order valence-corrected chi connectivity index (χ2v) is 14.6. The number of rotatable bonds is 38. The van der Waals surface area contributed by atoms with E-state index in [4.69, 9.17) is 9.47 Å². The van der Waals surface area contributed by atoms with Crippen molar-refractivity contribution in [2.45, 2.75) is 181 Å². The van der Waals surface area contributed by atoms with Crippen LogP contribution in [0.15, 0.2) is 0 Å². The van der Waals surface area contributed by atoms with Crippen molar-refractivity contribution in [3.63, 3.8) is 0 Å². The molecule has 0 heterocycles. The molecule has 0 saturated carbocycles. The smallest absolute Gasteiger partial charge is 0.277 e. The Kier molecular flexibility index (Phi) is 35.1. The fourth-order valence-electron chi connectivity index (χ4n) is 6.19. The van der Waals surface area contributed by atoms with Crippen LogP contribution in [0.3, 0.4) is 0 Å². The van der Waals surface area contributed by atoms with Crippen molar-refractivity contribution in [1.29, 1.82) is 0 Å². The third-order valence-corrected chi connectivity index (χ3v) is 9.34. The standard InChI is InChI=1S/C40H83N2O4/c1-5-7-9-11-13-15-17-19-21-23-25-27-35-45-37-29-31-41(40(44)39-42(3,4)33-34-43)32-30-38-46-36-28-26-24-22-20-18-16-14-12-10-8-6-2/h43H,5-39H2,1-4H3/q+1. The molecule has 0 atom stereocenters. The number of carbonyl (C=O) groups is 1. The number of amides is 1. The molecule has 0 radical (unpaired) electrons. The highest BCUT2D eigenvalue weighted by atomic mass is 16.5. The van der Waals surface area contributed by atoms with Crippen LogP contribution < -0.4 is 0 Å². The summed E-state index contributed by atoms with van der Waals surface area (Å²) in [4.78, 5) is 15.2. The SMILES string of the molecule is CCCCCCCCCCCCCCOCCCN(CCCOCCCCCCCCCCCCCC)C(=O)C[N+](C)(C)CCO. The van der Waals surface area contributed by atoms with E-state index in [0.29, 0.717) is 30.8 Å². The summed E-state index contributed by atoms with van der Waals surface area (Å²) in [6.07, 6.45) is 34.3. The first-order valence-electron chi connectivity index (χ1n) is 20.3. The summed E-state index contributed by atoms with van der Waals surface area (Å²) in [7, 11) is 4.03. The summed E-state index contributed by atoms with van der Waals surface area (Å²) in [5.41, 5.74) is 0. The minimum atomic E-state index is 0.0974. The van der Waals surface area contributed by atoms with Gasteiger partial charge in [-0.1, -0.05) is 155 Å². The van der Waals surface area contributed by atoms with E-state index >= 15 is 0 Å². The van der Waals surface area contributed by atoms with E-state index in [-0.39, 0.29) is 12.5 Å². The van der Waals surface area contributed by atoms with Crippen LogP contribution in [0.1, 0.15) is 181 Å². The summed E-state index contributed by atoms with van der Waals surface area (Å²) in [5.74, 6) is 0.167. The molecule has 0 saturated heterocycles. The second kappa shape index (κ2) is 35.6. The molecule has 0 aromatic rings. The van der Waals surface area contributed by atoms with Gasteiger partial charge in [0.1, 0.15) is 6.54 Å². The predicted octanol–water partition coefficient (Wildman–Crippen LogP) is 10.1. The first-order valence-corrected chi connectivity index (χ1v) is 20.3. The molecule has 46 heavy (non-hydrogen) atoms. The number of ether oxygens (including phenoxy) is 2. The molecule has 0 aliphatic heterocycles. The zero-order chi connectivity index (χ0) is 33.8. The molecule has 0 spiro atoms. The van der Waals surface area contributed by atoms with E-state index in [1.807, 2.05) is 19.0 Å². The topological polar surface area (TPSA) is 59.0 Å². The van der Waals surface area contributed by atoms with Crippen molar-refractivity contribution in [2.75, 3.05) is 73.3 Å². The molecule has 0 bridgehead atoms. The lowest BCUT2D eigenvalue weighted by molar-refractivity contribution is -0.883. The van der Waals surface area contributed by atoms with Crippen molar-refractivity contribution in [3.05, 3.63) is 0 Å². The fraction of sp³-hybridized carbons (Fsp3) is 0.975. The maximum Gasteiger partial charge on any atom is 0.277 e. The van der Waals surface area contributed by atoms with Crippen molar-refractivity contribution in [3.8, 4) is 0 Å². The van der Waals surface area contributed by atoms with Crippen LogP contribution >= 0.6 is 0 Å². The molecule has 0 fully saturated rings. The van der Waals surface area contributed by atoms with Gasteiger partial charge in [-0.3, -0.25) is 4.79 Å². The Bertz CT molecular complexity index is 580. The van der Waals surface area contributed by atoms with Gasteiger partial charge in [-0.15, -0.1) is 0 Å². The number of aliphatic hydroxyl groups is 1. The lowest BCUT2D eigenvalue weighted by Gasteiger charge is -2.31. The number of hydrogen-bond donors (Lipinski definition) is 1. The van der Waals surface area contributed by atoms with Crippen molar-refractivity contribution in [2.24, 2.45) is 0 Å². The van der Waals surface area contributed by atoms with Crippen LogP contribution in [0, 0.1) is 0 Å². The van der Waals surface area contributed by atoms with Crippen LogP contribution in [0.5, 0.6) is 0 Å². The summed E-state index contributed by atoms with van der Waals surface area (Å²) >= 11 is 0. The molecule has 0 aromatic heterocycles. The molecule has 0 aliphatic carbocycles. The minimum absolute atomic E-state index is 0.0974. The number of likely N-dealkylation sites (N-methyl/N-ethyl adjacent to an activating group) is 1. The summed E-state index contributed by atoms with van der Waals surface area (Å²) in [6.45, 7) is 10.2. The van der Waals surface area contributed by atoms with E-state index < -0.39 is 0 Å². The third-order valence-electron chi connectivity index (χ3n) is 9.34. The highest BCUT2D eigenvalue weighted by Crippen LogP contribution is 2.13. The lowest BCUT2D eigenvalue weighted by Crippen LogP contribution is -2.50. The number of quaternary nitrogens is 1. The normalized spacial score (nSPS) is 11.8. The van der Waals surface area contributed by atoms with Gasteiger partial charge in [-0.2, -0.15) is 0 Å². The van der Waals surface area contributed by atoms with Gasteiger partial charge in [0.2, 0.25) is 0 Å². The van der Waals surface area contributed by atoms with E-state index in [1.165, 1.54) is 141 Å². The van der Waals surface area contributed by atoms with Crippen LogP contribution in [-0.4, -0.2) is 93.7 Å². The Hall–Kier alpha value is -0.690. The molecule has 0 aliphatic rings. The zero-order valence-electron chi connectivity index (χ0n) is 31.8. The molecule has 1 amide bonds. The Morgan fingerprint density at radius 2 is 0.804 bits per heavy atom. The molecule has 0 unspecified atom stereocenters. The van der Waals surface area contributed by atoms with E-state index in [9.17, 15) is 9.90 Å². The Balaban J connectivity index is 3.94. The van der Waals surface area contributed by atoms with E-state index in [0.717, 1.165) is 52.0 Å². The lowest BCUT2D eigenvalue weighted by atomic mass is 10.1. The summed E-state index contributed by atoms with van der Waals surface area (Å²) in [5, 5.41) is 9.40. The monoisotopic (exact) mass is 656 g/mol. The number of unbranched alkanes of at least 4 members (excludes halogenated alkanes) is 22. The van der Waals surface area contributed by atoms with E-state index in [2.05, 4.69) is 13.8 Å². The van der Waals surface area contributed by atoms with Crippen molar-refractivity contribution in [1.82, 2.24) is 4.90 Å². The summed E-state index contributed by atoms with van der Waals surface area (Å²) in [6, 6.07) is 0. The van der Waals surface area contributed by atoms with Crippen LogP contribution in [0.4, 0.5) is 0 Å². The Morgan fingerprint density at radius 1 is 0.500 bits per heavy atom. The molecular weight excluding hydrogens is 572 g/mol. The fourth-order valence-corrected chi connectivity index (χ4v) is 6.19. The Morgan fingerprint density at radius 3 is 1.13 bits per heavy atom. The van der Waals surface area contributed by atoms with Gasteiger partial charge in [0.25, 0.3) is 5.91 Å². The Labute approximate surface area is 288 Å². The third kappa shape index (κ3) is 33.2. The zero-order valence-corrected chi connectivity index (χ0v) is 31.8. The van der Waals surface area contributed by atoms with E-state index in [1.54, 1.807) is 0 Å². The maximum absolute atomic E-state index is 13.2. The number of carbonyl (C=O) groups excluding carboxylic acids is 1. The first-order chi connectivity index (χ1) is 22.5. The molecule has 0 rings (SSSR count). The van der Waals surface area contributed by atoms with Gasteiger partial charge >= 0.3 is 0 Å². The largest absolute Gasteiger partial charge is 0.391 e. The summed E-state index contributed by atoms with van der Waals surface area (Å²) < 4.78 is 12.4. The van der Waals surface area contributed by atoms with Crippen molar-refractivity contribution >= 4 is 5.91 Å². The van der Waals surface area contributed by atoms with Gasteiger partial charge in [0, 0.05) is 39.5 Å². The average Bonchev–Trinajstić information content (AvgIpc) is 3.03. The molecular formula is C40H83N2O4+. The van der Waals surface area contributed by atoms with Gasteiger partial charge in [0.15, 0.2) is 6.54 Å². The number of hydrogen-bond acceptors (Lipinski definition) is 4. The minimum Gasteiger partial charge on any atom is -0.391 e. The highest BCUT2D eigenvalue weighted by molar-refractivity contribution is 5.77. The quantitative estimate of drug-likeness (QED) is 0.0531. The van der Waals surface area contributed by atoms with Gasteiger partial charge in [-0.25, -0.2) is 0 Å². The predicted molar refractivity (Wildman–Crippen MR) is 199 cm³/mol. The van der Waals surface area contributed by atoms with Crippen LogP contribution in [0.25, 0.3) is 0 Å².